The summed E-state index contributed by atoms with van der Waals surface area (Å²) < 4.78 is 29.8. The van der Waals surface area contributed by atoms with Gasteiger partial charge in [-0.25, -0.2) is 8.42 Å². The lowest BCUT2D eigenvalue weighted by Gasteiger charge is -2.04. The molecule has 0 aliphatic rings. The predicted molar refractivity (Wildman–Crippen MR) is 89.0 cm³/mol. The highest BCUT2D eigenvalue weighted by Gasteiger charge is 2.11. The smallest absolute Gasteiger partial charge is 0.181 e. The van der Waals surface area contributed by atoms with Crippen molar-refractivity contribution in [3.63, 3.8) is 0 Å². The van der Waals surface area contributed by atoms with E-state index in [9.17, 15) is 8.42 Å². The average Bonchev–Trinajstić information content (AvgIpc) is 2.49. The van der Waals surface area contributed by atoms with Crippen LogP contribution in [0.25, 0.3) is 0 Å². The highest BCUT2D eigenvalue weighted by atomic mass is 32.2. The van der Waals surface area contributed by atoms with Gasteiger partial charge in [-0.15, -0.1) is 0 Å². The second-order valence-corrected chi connectivity index (χ2v) is 7.22. The molecule has 4 heteroatoms. The highest BCUT2D eigenvalue weighted by Crippen LogP contribution is 2.13. The van der Waals surface area contributed by atoms with Crippen LogP contribution in [-0.4, -0.2) is 20.8 Å². The van der Waals surface area contributed by atoms with E-state index in [1.54, 1.807) is 36.4 Å². The fourth-order valence-corrected chi connectivity index (χ4v) is 3.02. The largest absolute Gasteiger partial charge is 0.490 e. The summed E-state index contributed by atoms with van der Waals surface area (Å²) in [6.07, 6.45) is 3.36. The Balaban J connectivity index is 1.86. The first-order valence-corrected chi connectivity index (χ1v) is 8.76. The normalized spacial score (nSPS) is 11.7. The predicted octanol–water partition coefficient (Wildman–Crippen LogP) is 3.71. The van der Waals surface area contributed by atoms with Crippen LogP contribution in [0.1, 0.15) is 11.1 Å². The Kier molecular flexibility index (Phi) is 5.39. The van der Waals surface area contributed by atoms with Crippen LogP contribution in [0, 0.1) is 13.8 Å². The molecule has 0 bridgehead atoms. The van der Waals surface area contributed by atoms with Gasteiger partial charge in [0.05, 0.1) is 10.6 Å². The second kappa shape index (κ2) is 7.27. The fourth-order valence-electron chi connectivity index (χ4n) is 1.88. The molecule has 2 aromatic rings. The third-order valence-electron chi connectivity index (χ3n) is 3.23. The Hall–Kier alpha value is -2.07. The maximum Gasteiger partial charge on any atom is 0.181 e. The van der Waals surface area contributed by atoms with Crippen molar-refractivity contribution in [2.75, 3.05) is 12.4 Å². The van der Waals surface area contributed by atoms with Gasteiger partial charge in [-0.1, -0.05) is 47.5 Å². The zero-order valence-corrected chi connectivity index (χ0v) is 13.6. The van der Waals surface area contributed by atoms with Crippen LogP contribution in [0.2, 0.25) is 0 Å². The fraction of sp³-hybridized carbons (Fsp3) is 0.222. The molecule has 0 N–H and O–H groups in total. The average molecular weight is 316 g/mol. The molecule has 0 aliphatic carbocycles. The summed E-state index contributed by atoms with van der Waals surface area (Å²) in [6, 6.07) is 14.6. The quantitative estimate of drug-likeness (QED) is 0.763. The molecular weight excluding hydrogens is 296 g/mol. The number of aryl methyl sites for hydroxylation is 2. The van der Waals surface area contributed by atoms with Gasteiger partial charge in [0.2, 0.25) is 0 Å². The molecular formula is C18H20O3S. The molecule has 0 unspecified atom stereocenters. The Morgan fingerprint density at radius 3 is 2.00 bits per heavy atom. The molecule has 0 heterocycles. The number of ether oxygens (including phenoxy) is 1. The van der Waals surface area contributed by atoms with Crippen molar-refractivity contribution >= 4 is 9.84 Å². The summed E-state index contributed by atoms with van der Waals surface area (Å²) in [4.78, 5) is 0.349. The van der Waals surface area contributed by atoms with Crippen LogP contribution in [0.5, 0.6) is 5.75 Å². The van der Waals surface area contributed by atoms with Crippen LogP contribution in [0.3, 0.4) is 0 Å². The number of hydrogen-bond acceptors (Lipinski definition) is 3. The molecule has 3 nitrogen and oxygen atoms in total. The Morgan fingerprint density at radius 2 is 1.41 bits per heavy atom. The van der Waals surface area contributed by atoms with Crippen LogP contribution in [0.15, 0.2) is 65.6 Å². The molecule has 2 rings (SSSR count). The Morgan fingerprint density at radius 1 is 0.864 bits per heavy atom. The van der Waals surface area contributed by atoms with Gasteiger partial charge in [-0.3, -0.25) is 0 Å². The summed E-state index contributed by atoms with van der Waals surface area (Å²) in [7, 11) is -3.27. The topological polar surface area (TPSA) is 43.4 Å². The van der Waals surface area contributed by atoms with Gasteiger partial charge in [0, 0.05) is 0 Å². The molecule has 0 saturated carbocycles. The molecule has 0 atom stereocenters. The van der Waals surface area contributed by atoms with Gasteiger partial charge in [-0.05, 0) is 38.1 Å². The summed E-state index contributed by atoms with van der Waals surface area (Å²) in [5.74, 6) is 0.754. The van der Waals surface area contributed by atoms with Crippen molar-refractivity contribution in [2.45, 2.75) is 18.7 Å². The van der Waals surface area contributed by atoms with Crippen molar-refractivity contribution in [1.29, 1.82) is 0 Å². The van der Waals surface area contributed by atoms with E-state index < -0.39 is 9.84 Å². The van der Waals surface area contributed by atoms with Crippen molar-refractivity contribution in [3.05, 3.63) is 71.8 Å². The van der Waals surface area contributed by atoms with Crippen molar-refractivity contribution in [2.24, 2.45) is 0 Å². The lowest BCUT2D eigenvalue weighted by atomic mass is 10.2. The van der Waals surface area contributed by atoms with Gasteiger partial charge in [-0.2, -0.15) is 0 Å². The van der Waals surface area contributed by atoms with E-state index in [-0.39, 0.29) is 5.75 Å². The summed E-state index contributed by atoms with van der Waals surface area (Å²) in [5, 5.41) is 0. The lowest BCUT2D eigenvalue weighted by molar-refractivity contribution is 0.362. The van der Waals surface area contributed by atoms with Crippen LogP contribution >= 0.6 is 0 Å². The SMILES string of the molecule is Cc1ccc(OC/C=C/CS(=O)(=O)c2ccc(C)cc2)cc1. The molecule has 0 aromatic heterocycles. The van der Waals surface area contributed by atoms with E-state index in [0.717, 1.165) is 11.3 Å². The molecule has 0 fully saturated rings. The Bertz CT molecular complexity index is 727. The molecule has 116 valence electrons. The first kappa shape index (κ1) is 16.3. The van der Waals surface area contributed by atoms with Crippen molar-refractivity contribution < 1.29 is 13.2 Å². The highest BCUT2D eigenvalue weighted by molar-refractivity contribution is 7.91. The molecule has 0 amide bonds. The van der Waals surface area contributed by atoms with Gasteiger partial charge in [0.25, 0.3) is 0 Å². The first-order valence-electron chi connectivity index (χ1n) is 7.11. The van der Waals surface area contributed by atoms with E-state index in [1.165, 1.54) is 5.56 Å². The van der Waals surface area contributed by atoms with E-state index in [4.69, 9.17) is 4.74 Å². The minimum Gasteiger partial charge on any atom is -0.490 e. The lowest BCUT2D eigenvalue weighted by Crippen LogP contribution is -2.05. The summed E-state index contributed by atoms with van der Waals surface area (Å²) in [5.41, 5.74) is 2.22. The van der Waals surface area contributed by atoms with Gasteiger partial charge in [0.1, 0.15) is 12.4 Å². The van der Waals surface area contributed by atoms with Crippen LogP contribution in [-0.2, 0) is 9.84 Å². The van der Waals surface area contributed by atoms with Gasteiger partial charge in [0.15, 0.2) is 9.84 Å². The van der Waals surface area contributed by atoms with Crippen molar-refractivity contribution in [1.82, 2.24) is 0 Å². The first-order chi connectivity index (χ1) is 10.5. The minimum atomic E-state index is -3.27. The Labute approximate surface area is 132 Å². The third-order valence-corrected chi connectivity index (χ3v) is 4.85. The van der Waals surface area contributed by atoms with Crippen LogP contribution < -0.4 is 4.74 Å². The standard InChI is InChI=1S/C18H20O3S/c1-15-5-9-17(10-6-15)21-13-3-4-14-22(19,20)18-11-7-16(2)8-12-18/h3-12H,13-14H2,1-2H3/b4-3+. The van der Waals surface area contributed by atoms with E-state index in [2.05, 4.69) is 0 Å². The molecule has 0 spiro atoms. The van der Waals surface area contributed by atoms with E-state index >= 15 is 0 Å². The number of benzene rings is 2. The van der Waals surface area contributed by atoms with E-state index in [0.29, 0.717) is 11.5 Å². The number of rotatable bonds is 6. The van der Waals surface area contributed by atoms with Crippen molar-refractivity contribution in [3.8, 4) is 5.75 Å². The summed E-state index contributed by atoms with van der Waals surface area (Å²) in [6.45, 7) is 4.30. The van der Waals surface area contributed by atoms with Gasteiger partial charge >= 0.3 is 0 Å². The zero-order valence-electron chi connectivity index (χ0n) is 12.8. The molecule has 22 heavy (non-hydrogen) atoms. The maximum absolute atomic E-state index is 12.1. The molecule has 0 saturated heterocycles. The third kappa shape index (κ3) is 4.74. The van der Waals surface area contributed by atoms with Gasteiger partial charge < -0.3 is 4.74 Å². The molecule has 0 aliphatic heterocycles. The minimum absolute atomic E-state index is 0.0205. The maximum atomic E-state index is 12.1. The number of sulfone groups is 1. The molecule has 0 radical (unpaired) electrons. The van der Waals surface area contributed by atoms with E-state index in [1.807, 2.05) is 38.1 Å². The zero-order chi connectivity index (χ0) is 16.0. The summed E-state index contributed by atoms with van der Waals surface area (Å²) >= 11 is 0. The van der Waals surface area contributed by atoms with Crippen LogP contribution in [0.4, 0.5) is 0 Å². The molecule has 2 aromatic carbocycles. The monoisotopic (exact) mass is 316 g/mol. The second-order valence-electron chi connectivity index (χ2n) is 5.19. The number of hydrogen-bond donors (Lipinski definition) is 0.